The molecule has 0 atom stereocenters. The van der Waals surface area contributed by atoms with E-state index in [9.17, 15) is 0 Å². The van der Waals surface area contributed by atoms with E-state index in [0.717, 1.165) is 17.3 Å². The first-order chi connectivity index (χ1) is 6.95. The van der Waals surface area contributed by atoms with E-state index in [0.29, 0.717) is 0 Å². The molecule has 0 bridgehead atoms. The Hall–Kier alpha value is -0.320. The van der Waals surface area contributed by atoms with Crippen molar-refractivity contribution in [1.29, 1.82) is 0 Å². The first-order valence-electron chi connectivity index (χ1n) is 4.24. The largest absolute Gasteiger partial charge is 0.468 e. The molecule has 0 fully saturated rings. The quantitative estimate of drug-likeness (QED) is 0.569. The van der Waals surface area contributed by atoms with E-state index in [1.807, 2.05) is 45.1 Å². The van der Waals surface area contributed by atoms with Crippen LogP contribution in [-0.4, -0.2) is 0 Å². The number of hydrogen-bond donors (Lipinski definition) is 0. The van der Waals surface area contributed by atoms with Crippen molar-refractivity contribution in [3.8, 4) is 0 Å². The second kappa shape index (κ2) is 5.53. The molecule has 0 aliphatic heterocycles. The summed E-state index contributed by atoms with van der Waals surface area (Å²) in [6, 6.07) is 8.21. The van der Waals surface area contributed by atoms with Gasteiger partial charge in [-0.1, -0.05) is 27.7 Å². The smallest absolute Gasteiger partial charge is 0.114 e. The van der Waals surface area contributed by atoms with Gasteiger partial charge in [0, 0.05) is 10.6 Å². The van der Waals surface area contributed by atoms with Gasteiger partial charge in [-0.25, -0.2) is 0 Å². The first-order valence-corrected chi connectivity index (χ1v) is 7.61. The lowest BCUT2D eigenvalue weighted by Crippen LogP contribution is -1.72. The highest BCUT2D eigenvalue weighted by atomic mass is 33.1. The SMILES string of the molecule is c1coc(CSSCc2cccs2)c1. The van der Waals surface area contributed by atoms with E-state index in [-0.39, 0.29) is 0 Å². The summed E-state index contributed by atoms with van der Waals surface area (Å²) in [6.45, 7) is 0. The lowest BCUT2D eigenvalue weighted by molar-refractivity contribution is 0.530. The highest BCUT2D eigenvalue weighted by Crippen LogP contribution is 2.30. The molecule has 0 aliphatic carbocycles. The average molecular weight is 242 g/mol. The zero-order chi connectivity index (χ0) is 9.64. The van der Waals surface area contributed by atoms with E-state index in [4.69, 9.17) is 4.42 Å². The molecule has 4 heteroatoms. The van der Waals surface area contributed by atoms with Crippen LogP contribution in [0, 0.1) is 0 Å². The predicted octanol–water partition coefficient (Wildman–Crippen LogP) is 4.42. The second-order valence-corrected chi connectivity index (χ2v) is 6.18. The van der Waals surface area contributed by atoms with Crippen LogP contribution in [0.3, 0.4) is 0 Å². The molecule has 2 rings (SSSR count). The van der Waals surface area contributed by atoms with Gasteiger partial charge in [-0.3, -0.25) is 0 Å². The second-order valence-electron chi connectivity index (χ2n) is 2.68. The molecule has 0 unspecified atom stereocenters. The summed E-state index contributed by atoms with van der Waals surface area (Å²) in [6.07, 6.45) is 1.72. The Morgan fingerprint density at radius 1 is 1.14 bits per heavy atom. The molecule has 74 valence electrons. The Kier molecular flexibility index (Phi) is 4.03. The first kappa shape index (κ1) is 10.2. The molecule has 0 aliphatic rings. The molecule has 1 nitrogen and oxygen atoms in total. The Morgan fingerprint density at radius 3 is 2.79 bits per heavy atom. The fourth-order valence-corrected chi connectivity index (χ4v) is 4.04. The molecule has 0 radical (unpaired) electrons. The van der Waals surface area contributed by atoms with Crippen molar-refractivity contribution in [3.63, 3.8) is 0 Å². The summed E-state index contributed by atoms with van der Waals surface area (Å²) in [4.78, 5) is 1.43. The molecule has 14 heavy (non-hydrogen) atoms. The minimum absolute atomic E-state index is 0.947. The number of thiophene rings is 1. The maximum Gasteiger partial charge on any atom is 0.114 e. The molecule has 0 saturated heterocycles. The highest BCUT2D eigenvalue weighted by Gasteiger charge is 1.98. The normalized spacial score (nSPS) is 10.6. The monoisotopic (exact) mass is 242 g/mol. The van der Waals surface area contributed by atoms with Crippen LogP contribution in [0.4, 0.5) is 0 Å². The fourth-order valence-electron chi connectivity index (χ4n) is 0.989. The Balaban J connectivity index is 1.65. The van der Waals surface area contributed by atoms with Gasteiger partial charge in [-0.15, -0.1) is 11.3 Å². The highest BCUT2D eigenvalue weighted by molar-refractivity contribution is 8.76. The van der Waals surface area contributed by atoms with Gasteiger partial charge in [0.25, 0.3) is 0 Å². The fraction of sp³-hybridized carbons (Fsp3) is 0.200. The molecular formula is C10H10OS3. The number of furan rings is 1. The lowest BCUT2D eigenvalue weighted by Gasteiger charge is -1.96. The van der Waals surface area contributed by atoms with Crippen LogP contribution in [0.1, 0.15) is 10.6 Å². The van der Waals surface area contributed by atoms with E-state index in [1.165, 1.54) is 4.88 Å². The third-order valence-electron chi connectivity index (χ3n) is 1.65. The van der Waals surface area contributed by atoms with Gasteiger partial charge in [-0.05, 0) is 23.6 Å². The molecule has 0 amide bonds. The van der Waals surface area contributed by atoms with Crippen molar-refractivity contribution < 1.29 is 4.42 Å². The van der Waals surface area contributed by atoms with Crippen molar-refractivity contribution in [2.75, 3.05) is 0 Å². The van der Waals surface area contributed by atoms with Crippen LogP contribution < -0.4 is 0 Å². The summed E-state index contributed by atoms with van der Waals surface area (Å²) < 4.78 is 5.24. The minimum Gasteiger partial charge on any atom is -0.468 e. The maximum absolute atomic E-state index is 5.24. The van der Waals surface area contributed by atoms with Crippen LogP contribution in [-0.2, 0) is 11.5 Å². The summed E-state index contributed by atoms with van der Waals surface area (Å²) in [5.74, 6) is 3.08. The third kappa shape index (κ3) is 3.12. The zero-order valence-electron chi connectivity index (χ0n) is 7.51. The predicted molar refractivity (Wildman–Crippen MR) is 65.6 cm³/mol. The van der Waals surface area contributed by atoms with Gasteiger partial charge in [0.15, 0.2) is 0 Å². The van der Waals surface area contributed by atoms with Gasteiger partial charge in [0.2, 0.25) is 0 Å². The summed E-state index contributed by atoms with van der Waals surface area (Å²) >= 11 is 1.81. The zero-order valence-corrected chi connectivity index (χ0v) is 9.96. The molecule has 2 heterocycles. The maximum atomic E-state index is 5.24. The molecule has 2 aromatic heterocycles. The van der Waals surface area contributed by atoms with Crippen LogP contribution in [0.25, 0.3) is 0 Å². The Labute approximate surface area is 95.3 Å². The van der Waals surface area contributed by atoms with Gasteiger partial charge >= 0.3 is 0 Å². The van der Waals surface area contributed by atoms with Crippen LogP contribution in [0.15, 0.2) is 40.3 Å². The Bertz CT molecular complexity index is 303. The molecule has 0 aromatic carbocycles. The number of rotatable bonds is 5. The van der Waals surface area contributed by atoms with Crippen LogP contribution in [0.2, 0.25) is 0 Å². The summed E-state index contributed by atoms with van der Waals surface area (Å²) in [5, 5.41) is 2.12. The minimum atomic E-state index is 0.947. The van der Waals surface area contributed by atoms with E-state index in [1.54, 1.807) is 6.26 Å². The molecular weight excluding hydrogens is 232 g/mol. The summed E-state index contributed by atoms with van der Waals surface area (Å²) in [5.41, 5.74) is 0. The standard InChI is InChI=1S/C10H10OS3/c1-3-9(11-5-1)7-13-14-8-10-4-2-6-12-10/h1-6H,7-8H2. The van der Waals surface area contributed by atoms with E-state index < -0.39 is 0 Å². The average Bonchev–Trinajstić information content (AvgIpc) is 2.86. The van der Waals surface area contributed by atoms with E-state index >= 15 is 0 Å². The molecule has 0 N–H and O–H groups in total. The van der Waals surface area contributed by atoms with Crippen molar-refractivity contribution in [2.45, 2.75) is 11.5 Å². The molecule has 2 aromatic rings. The van der Waals surface area contributed by atoms with Crippen LogP contribution in [0.5, 0.6) is 0 Å². The van der Waals surface area contributed by atoms with Gasteiger partial charge < -0.3 is 4.42 Å². The van der Waals surface area contributed by atoms with E-state index in [2.05, 4.69) is 17.5 Å². The third-order valence-corrected chi connectivity index (χ3v) is 4.91. The van der Waals surface area contributed by atoms with Crippen LogP contribution >= 0.6 is 32.9 Å². The molecule has 0 saturated carbocycles. The van der Waals surface area contributed by atoms with Crippen molar-refractivity contribution in [3.05, 3.63) is 46.5 Å². The topological polar surface area (TPSA) is 13.1 Å². The van der Waals surface area contributed by atoms with Gasteiger partial charge in [-0.2, -0.15) is 0 Å². The lowest BCUT2D eigenvalue weighted by atomic mass is 10.5. The Morgan fingerprint density at radius 2 is 2.07 bits per heavy atom. The van der Waals surface area contributed by atoms with Gasteiger partial charge in [0.1, 0.15) is 5.76 Å². The number of hydrogen-bond acceptors (Lipinski definition) is 4. The van der Waals surface area contributed by atoms with Gasteiger partial charge in [0.05, 0.1) is 12.0 Å². The van der Waals surface area contributed by atoms with Crippen molar-refractivity contribution in [1.82, 2.24) is 0 Å². The summed E-state index contributed by atoms with van der Waals surface area (Å²) in [7, 11) is 3.72. The van der Waals surface area contributed by atoms with Crippen molar-refractivity contribution >= 4 is 32.9 Å². The molecule has 0 spiro atoms. The van der Waals surface area contributed by atoms with Crippen molar-refractivity contribution in [2.24, 2.45) is 0 Å².